The molecule has 2 heteroatoms. The summed E-state index contributed by atoms with van der Waals surface area (Å²) >= 11 is 3.79. The van der Waals surface area contributed by atoms with Crippen molar-refractivity contribution >= 4 is 34.8 Å². The largest absolute Gasteiger partial charge is 0.144 e. The summed E-state index contributed by atoms with van der Waals surface area (Å²) in [5.74, 6) is 0. The predicted molar refractivity (Wildman–Crippen MR) is 132 cm³/mol. The summed E-state index contributed by atoms with van der Waals surface area (Å²) in [6.07, 6.45) is 23.7. The highest BCUT2D eigenvalue weighted by Crippen LogP contribution is 2.26. The third kappa shape index (κ3) is 9.09. The molecule has 0 saturated heterocycles. The van der Waals surface area contributed by atoms with Crippen LogP contribution in [0.15, 0.2) is 22.9 Å². The number of thiophene rings is 2. The molecule has 28 heavy (non-hydrogen) atoms. The van der Waals surface area contributed by atoms with E-state index in [1.807, 2.05) is 22.7 Å². The average molecular weight is 417 g/mol. The lowest BCUT2D eigenvalue weighted by molar-refractivity contribution is 0.607. The van der Waals surface area contributed by atoms with Crippen molar-refractivity contribution in [3.8, 4) is 0 Å². The SMILES string of the molecule is CCCCCCCCc1ccsc1/C=C/c1sccc1CCCCCCCC. The summed E-state index contributed by atoms with van der Waals surface area (Å²) in [5.41, 5.74) is 3.09. The van der Waals surface area contributed by atoms with Gasteiger partial charge in [0.2, 0.25) is 0 Å². The molecule has 0 unspecified atom stereocenters. The van der Waals surface area contributed by atoms with Crippen LogP contribution in [-0.2, 0) is 12.8 Å². The third-order valence-electron chi connectivity index (χ3n) is 5.55. The van der Waals surface area contributed by atoms with Gasteiger partial charge in [-0.2, -0.15) is 0 Å². The summed E-state index contributed by atoms with van der Waals surface area (Å²) in [7, 11) is 0. The van der Waals surface area contributed by atoms with Gasteiger partial charge in [-0.15, -0.1) is 22.7 Å². The van der Waals surface area contributed by atoms with Gasteiger partial charge in [0.15, 0.2) is 0 Å². The van der Waals surface area contributed by atoms with Gasteiger partial charge in [0.05, 0.1) is 0 Å². The molecular formula is C26H40S2. The molecule has 0 bridgehead atoms. The van der Waals surface area contributed by atoms with E-state index >= 15 is 0 Å². The number of hydrogen-bond acceptors (Lipinski definition) is 2. The van der Waals surface area contributed by atoms with Crippen molar-refractivity contribution in [3.63, 3.8) is 0 Å². The zero-order valence-electron chi connectivity index (χ0n) is 18.2. The Labute approximate surface area is 182 Å². The Morgan fingerprint density at radius 1 is 0.571 bits per heavy atom. The van der Waals surface area contributed by atoms with Crippen molar-refractivity contribution < 1.29 is 0 Å². The summed E-state index contributed by atoms with van der Waals surface area (Å²) < 4.78 is 0. The van der Waals surface area contributed by atoms with Crippen molar-refractivity contribution in [2.45, 2.75) is 104 Å². The highest BCUT2D eigenvalue weighted by atomic mass is 32.1. The van der Waals surface area contributed by atoms with Crippen LogP contribution in [-0.4, -0.2) is 0 Å². The van der Waals surface area contributed by atoms with Crippen LogP contribution < -0.4 is 0 Å². The van der Waals surface area contributed by atoms with Gasteiger partial charge in [-0.25, -0.2) is 0 Å². The number of unbranched alkanes of at least 4 members (excludes halogenated alkanes) is 10. The molecule has 2 aromatic heterocycles. The fourth-order valence-corrected chi connectivity index (χ4v) is 5.44. The number of rotatable bonds is 16. The van der Waals surface area contributed by atoms with Crippen LogP contribution in [0.2, 0.25) is 0 Å². The van der Waals surface area contributed by atoms with Crippen molar-refractivity contribution in [1.29, 1.82) is 0 Å². The Bertz CT molecular complexity index is 591. The Hall–Kier alpha value is -0.860. The van der Waals surface area contributed by atoms with Crippen LogP contribution in [0.1, 0.15) is 112 Å². The lowest BCUT2D eigenvalue weighted by atomic mass is 10.0. The second-order valence-corrected chi connectivity index (χ2v) is 9.88. The molecule has 0 aliphatic rings. The normalized spacial score (nSPS) is 11.6. The molecule has 0 saturated carbocycles. The molecule has 2 rings (SSSR count). The van der Waals surface area contributed by atoms with Crippen LogP contribution in [0.3, 0.4) is 0 Å². The minimum absolute atomic E-state index is 1.24. The van der Waals surface area contributed by atoms with Crippen LogP contribution in [0.4, 0.5) is 0 Å². The highest BCUT2D eigenvalue weighted by molar-refractivity contribution is 7.12. The van der Waals surface area contributed by atoms with Gasteiger partial charge in [-0.3, -0.25) is 0 Å². The monoisotopic (exact) mass is 416 g/mol. The van der Waals surface area contributed by atoms with E-state index in [9.17, 15) is 0 Å². The summed E-state index contributed by atoms with van der Waals surface area (Å²) in [5, 5.41) is 4.52. The van der Waals surface area contributed by atoms with E-state index in [-0.39, 0.29) is 0 Å². The van der Waals surface area contributed by atoms with Gasteiger partial charge in [0, 0.05) is 9.75 Å². The van der Waals surface area contributed by atoms with Gasteiger partial charge in [0.25, 0.3) is 0 Å². The second kappa shape index (κ2) is 15.0. The van der Waals surface area contributed by atoms with Crippen LogP contribution in [0.5, 0.6) is 0 Å². The molecule has 0 fully saturated rings. The maximum Gasteiger partial charge on any atom is 0.0302 e. The zero-order valence-corrected chi connectivity index (χ0v) is 19.8. The van der Waals surface area contributed by atoms with Crippen LogP contribution in [0, 0.1) is 0 Å². The van der Waals surface area contributed by atoms with Crippen LogP contribution >= 0.6 is 22.7 Å². The molecule has 2 heterocycles. The average Bonchev–Trinajstić information content (AvgIpc) is 3.34. The highest BCUT2D eigenvalue weighted by Gasteiger charge is 2.04. The third-order valence-corrected chi connectivity index (χ3v) is 7.40. The molecule has 0 nitrogen and oxygen atoms in total. The van der Waals surface area contributed by atoms with Gasteiger partial charge in [-0.1, -0.05) is 78.1 Å². The molecule has 156 valence electrons. The van der Waals surface area contributed by atoms with Crippen LogP contribution in [0.25, 0.3) is 12.2 Å². The minimum Gasteiger partial charge on any atom is -0.144 e. The van der Waals surface area contributed by atoms with Gasteiger partial charge in [0.1, 0.15) is 0 Å². The lowest BCUT2D eigenvalue weighted by Crippen LogP contribution is -1.87. The first-order valence-corrected chi connectivity index (χ1v) is 13.4. The Kier molecular flexibility index (Phi) is 12.6. The molecule has 0 aliphatic heterocycles. The summed E-state index contributed by atoms with van der Waals surface area (Å²) in [6, 6.07) is 4.67. The molecule has 0 aromatic carbocycles. The van der Waals surface area contributed by atoms with Crippen molar-refractivity contribution in [3.05, 3.63) is 43.8 Å². The first-order chi connectivity index (χ1) is 13.8. The molecule has 0 atom stereocenters. The molecule has 0 radical (unpaired) electrons. The number of hydrogen-bond donors (Lipinski definition) is 0. The van der Waals surface area contributed by atoms with Gasteiger partial charge < -0.3 is 0 Å². The quantitative estimate of drug-likeness (QED) is 0.239. The van der Waals surface area contributed by atoms with E-state index in [1.54, 1.807) is 11.1 Å². The van der Waals surface area contributed by atoms with E-state index < -0.39 is 0 Å². The lowest BCUT2D eigenvalue weighted by Gasteiger charge is -2.03. The van der Waals surface area contributed by atoms with Crippen molar-refractivity contribution in [2.24, 2.45) is 0 Å². The topological polar surface area (TPSA) is 0 Å². The smallest absolute Gasteiger partial charge is 0.0302 e. The predicted octanol–water partition coefficient (Wildman–Crippen LogP) is 9.79. The van der Waals surface area contributed by atoms with E-state index in [0.29, 0.717) is 0 Å². The van der Waals surface area contributed by atoms with Gasteiger partial charge in [-0.05, 0) is 71.9 Å². The first-order valence-electron chi connectivity index (χ1n) is 11.7. The fourth-order valence-electron chi connectivity index (χ4n) is 3.74. The molecular weight excluding hydrogens is 376 g/mol. The Morgan fingerprint density at radius 2 is 0.964 bits per heavy atom. The second-order valence-electron chi connectivity index (χ2n) is 7.99. The van der Waals surface area contributed by atoms with E-state index in [4.69, 9.17) is 0 Å². The van der Waals surface area contributed by atoms with E-state index in [0.717, 1.165) is 0 Å². The molecule has 2 aromatic rings. The summed E-state index contributed by atoms with van der Waals surface area (Å²) in [6.45, 7) is 4.58. The Morgan fingerprint density at radius 3 is 1.39 bits per heavy atom. The Balaban J connectivity index is 1.76. The molecule has 0 N–H and O–H groups in total. The number of aryl methyl sites for hydroxylation is 2. The molecule has 0 aliphatic carbocycles. The van der Waals surface area contributed by atoms with Crippen molar-refractivity contribution in [2.75, 3.05) is 0 Å². The minimum atomic E-state index is 1.24. The first kappa shape index (κ1) is 23.4. The van der Waals surface area contributed by atoms with Crippen molar-refractivity contribution in [1.82, 2.24) is 0 Å². The maximum absolute atomic E-state index is 2.37. The van der Waals surface area contributed by atoms with E-state index in [2.05, 4.69) is 48.9 Å². The van der Waals surface area contributed by atoms with E-state index in [1.165, 1.54) is 99.6 Å². The summed E-state index contributed by atoms with van der Waals surface area (Å²) in [4.78, 5) is 2.93. The van der Waals surface area contributed by atoms with Gasteiger partial charge >= 0.3 is 0 Å². The molecule has 0 spiro atoms. The fraction of sp³-hybridized carbons (Fsp3) is 0.615. The molecule has 0 amide bonds. The standard InChI is InChI=1S/C26H40S2/c1-3-5-7-9-11-13-15-23-19-21-27-25(23)17-18-26-24(20-22-28-26)16-14-12-10-8-6-4-2/h17-22H,3-16H2,1-2H3/b18-17+. The maximum atomic E-state index is 2.37. The zero-order chi connectivity index (χ0) is 19.9.